The number of fused-ring (bicyclic) bond motifs is 3. The fourth-order valence-electron chi connectivity index (χ4n) is 3.15. The summed E-state index contributed by atoms with van der Waals surface area (Å²) in [5.41, 5.74) is 8.42. The lowest BCUT2D eigenvalue weighted by Crippen LogP contribution is -2.29. The van der Waals surface area contributed by atoms with Crippen molar-refractivity contribution in [2.75, 3.05) is 29.3 Å². The summed E-state index contributed by atoms with van der Waals surface area (Å²) in [6.45, 7) is 3.35. The number of hydrogen-bond acceptors (Lipinski definition) is 7. The average molecular weight is 399 g/mol. The molecule has 8 nitrogen and oxygen atoms in total. The van der Waals surface area contributed by atoms with Crippen molar-refractivity contribution in [3.8, 4) is 11.5 Å². The molecular formula is C19H21N5O3S. The highest BCUT2D eigenvalue weighted by molar-refractivity contribution is 7.92. The Balaban J connectivity index is 1.61. The van der Waals surface area contributed by atoms with E-state index in [-0.39, 0.29) is 11.4 Å². The standard InChI is InChI=1S/C19H21N5O3S/c1-2-10-28(25,26)23-16-4-3-5-17(18(16)20)27-13-6-7-15-14(11-13)19-21-8-9-24(19)12-22-15/h3-7,11-12,23H,2,8-10,20H2,1H3. The highest BCUT2D eigenvalue weighted by atomic mass is 32.2. The second kappa shape index (κ2) is 7.16. The first kappa shape index (κ1) is 18.3. The SMILES string of the molecule is CCCS(=O)(=O)Nc1cccc(Oc2ccc3c(c2)C2=NCCN2C=N3)c1N. The molecule has 0 fully saturated rings. The molecule has 0 amide bonds. The maximum absolute atomic E-state index is 12.0. The number of amidine groups is 1. The van der Waals surface area contributed by atoms with E-state index in [0.717, 1.165) is 30.2 Å². The van der Waals surface area contributed by atoms with Crippen molar-refractivity contribution in [1.29, 1.82) is 0 Å². The smallest absolute Gasteiger partial charge is 0.232 e. The molecule has 0 aromatic heterocycles. The van der Waals surface area contributed by atoms with E-state index in [0.29, 0.717) is 23.6 Å². The van der Waals surface area contributed by atoms with Gasteiger partial charge in [0.1, 0.15) is 11.6 Å². The number of hydrogen-bond donors (Lipinski definition) is 2. The van der Waals surface area contributed by atoms with E-state index in [1.165, 1.54) is 0 Å². The van der Waals surface area contributed by atoms with Crippen LogP contribution in [0.15, 0.2) is 46.4 Å². The molecule has 146 valence electrons. The van der Waals surface area contributed by atoms with Gasteiger partial charge >= 0.3 is 0 Å². The predicted octanol–water partition coefficient (Wildman–Crippen LogP) is 2.95. The summed E-state index contributed by atoms with van der Waals surface area (Å²) in [5.74, 6) is 1.86. The van der Waals surface area contributed by atoms with E-state index in [4.69, 9.17) is 10.5 Å². The highest BCUT2D eigenvalue weighted by Gasteiger charge is 2.24. The van der Waals surface area contributed by atoms with Crippen LogP contribution in [0.4, 0.5) is 17.1 Å². The van der Waals surface area contributed by atoms with E-state index in [2.05, 4.69) is 14.7 Å². The van der Waals surface area contributed by atoms with Crippen LogP contribution in [-0.2, 0) is 10.0 Å². The van der Waals surface area contributed by atoms with E-state index < -0.39 is 10.0 Å². The number of para-hydroxylation sites is 1. The van der Waals surface area contributed by atoms with Gasteiger partial charge in [0.25, 0.3) is 0 Å². The molecule has 2 aromatic rings. The first-order chi connectivity index (χ1) is 13.5. The van der Waals surface area contributed by atoms with Gasteiger partial charge in [-0.1, -0.05) is 13.0 Å². The molecule has 0 radical (unpaired) electrons. The number of sulfonamides is 1. The third kappa shape index (κ3) is 3.53. The Morgan fingerprint density at radius 3 is 2.96 bits per heavy atom. The molecule has 2 aliphatic heterocycles. The topological polar surface area (TPSA) is 109 Å². The van der Waals surface area contributed by atoms with Gasteiger partial charge in [-0.2, -0.15) is 0 Å². The lowest BCUT2D eigenvalue weighted by atomic mass is 10.1. The van der Waals surface area contributed by atoms with Crippen LogP contribution in [0.25, 0.3) is 0 Å². The number of aliphatic imine (C=N–C) groups is 2. The Hall–Kier alpha value is -3.07. The number of nitrogens with two attached hydrogens (primary N) is 1. The van der Waals surface area contributed by atoms with Crippen LogP contribution in [0.5, 0.6) is 11.5 Å². The molecule has 0 unspecified atom stereocenters. The summed E-state index contributed by atoms with van der Waals surface area (Å²) in [4.78, 5) is 11.0. The lowest BCUT2D eigenvalue weighted by molar-refractivity contribution is 0.485. The van der Waals surface area contributed by atoms with Crippen LogP contribution in [0.1, 0.15) is 18.9 Å². The normalized spacial score (nSPS) is 15.0. The Morgan fingerprint density at radius 1 is 1.29 bits per heavy atom. The fourth-order valence-corrected chi connectivity index (χ4v) is 4.30. The van der Waals surface area contributed by atoms with Crippen LogP contribution in [0.2, 0.25) is 0 Å². The Kier molecular flexibility index (Phi) is 4.68. The zero-order chi connectivity index (χ0) is 19.7. The predicted molar refractivity (Wildman–Crippen MR) is 111 cm³/mol. The van der Waals surface area contributed by atoms with E-state index in [1.807, 2.05) is 17.0 Å². The molecule has 0 saturated carbocycles. The number of nitrogen functional groups attached to an aromatic ring is 1. The maximum atomic E-state index is 12.0. The summed E-state index contributed by atoms with van der Waals surface area (Å²) in [6, 6.07) is 10.5. The Labute approximate surface area is 163 Å². The number of rotatable bonds is 6. The van der Waals surface area contributed by atoms with Crippen molar-refractivity contribution in [1.82, 2.24) is 4.90 Å². The van der Waals surface area contributed by atoms with Crippen molar-refractivity contribution >= 4 is 39.3 Å². The summed E-state index contributed by atoms with van der Waals surface area (Å²) < 4.78 is 32.6. The summed E-state index contributed by atoms with van der Waals surface area (Å²) in [5, 5.41) is 0. The van der Waals surface area contributed by atoms with Crippen LogP contribution >= 0.6 is 0 Å². The molecule has 0 bridgehead atoms. The number of ether oxygens (including phenoxy) is 1. The highest BCUT2D eigenvalue weighted by Crippen LogP contribution is 2.36. The average Bonchev–Trinajstić information content (AvgIpc) is 3.14. The largest absolute Gasteiger partial charge is 0.455 e. The minimum Gasteiger partial charge on any atom is -0.455 e. The van der Waals surface area contributed by atoms with E-state index in [9.17, 15) is 8.42 Å². The summed E-state index contributed by atoms with van der Waals surface area (Å²) in [6.07, 6.45) is 2.31. The van der Waals surface area contributed by atoms with Crippen molar-refractivity contribution in [2.45, 2.75) is 13.3 Å². The molecule has 0 aliphatic carbocycles. The molecule has 9 heteroatoms. The van der Waals surface area contributed by atoms with Crippen LogP contribution in [0.3, 0.4) is 0 Å². The van der Waals surface area contributed by atoms with Gasteiger partial charge < -0.3 is 15.4 Å². The molecule has 0 atom stereocenters. The number of nitrogens with zero attached hydrogens (tertiary/aromatic N) is 3. The third-order valence-corrected chi connectivity index (χ3v) is 5.93. The van der Waals surface area contributed by atoms with Crippen molar-refractivity contribution in [3.05, 3.63) is 42.0 Å². The number of benzene rings is 2. The van der Waals surface area contributed by atoms with Crippen molar-refractivity contribution < 1.29 is 13.2 Å². The van der Waals surface area contributed by atoms with Gasteiger partial charge in [-0.3, -0.25) is 9.71 Å². The van der Waals surface area contributed by atoms with Gasteiger partial charge in [-0.25, -0.2) is 13.4 Å². The summed E-state index contributed by atoms with van der Waals surface area (Å²) in [7, 11) is -3.44. The minimum atomic E-state index is -3.44. The Bertz CT molecular complexity index is 1080. The zero-order valence-corrected chi connectivity index (χ0v) is 16.2. The van der Waals surface area contributed by atoms with E-state index in [1.54, 1.807) is 37.5 Å². The minimum absolute atomic E-state index is 0.0292. The molecule has 4 rings (SSSR count). The molecule has 3 N–H and O–H groups in total. The monoisotopic (exact) mass is 399 g/mol. The van der Waals surface area contributed by atoms with Gasteiger partial charge in [-0.15, -0.1) is 0 Å². The molecule has 2 aliphatic rings. The van der Waals surface area contributed by atoms with Crippen LogP contribution in [0, 0.1) is 0 Å². The van der Waals surface area contributed by atoms with Crippen molar-refractivity contribution in [2.24, 2.45) is 9.98 Å². The first-order valence-corrected chi connectivity index (χ1v) is 10.7. The van der Waals surface area contributed by atoms with Gasteiger partial charge in [0, 0.05) is 12.1 Å². The first-order valence-electron chi connectivity index (χ1n) is 9.03. The number of nitrogens with one attached hydrogen (secondary N) is 1. The Morgan fingerprint density at radius 2 is 2.14 bits per heavy atom. The van der Waals surface area contributed by atoms with Crippen LogP contribution < -0.4 is 15.2 Å². The second-order valence-corrected chi connectivity index (χ2v) is 8.40. The molecule has 0 saturated heterocycles. The van der Waals surface area contributed by atoms with Gasteiger partial charge in [-0.05, 0) is 36.8 Å². The van der Waals surface area contributed by atoms with Crippen molar-refractivity contribution in [3.63, 3.8) is 0 Å². The molecule has 28 heavy (non-hydrogen) atoms. The fraction of sp³-hybridized carbons (Fsp3) is 0.263. The number of anilines is 2. The summed E-state index contributed by atoms with van der Waals surface area (Å²) >= 11 is 0. The molecule has 2 aromatic carbocycles. The molecule has 2 heterocycles. The van der Waals surface area contributed by atoms with Crippen LogP contribution in [-0.4, -0.2) is 44.3 Å². The zero-order valence-electron chi connectivity index (χ0n) is 15.4. The third-order valence-electron chi connectivity index (χ3n) is 4.45. The maximum Gasteiger partial charge on any atom is 0.232 e. The van der Waals surface area contributed by atoms with E-state index >= 15 is 0 Å². The lowest BCUT2D eigenvalue weighted by Gasteiger charge is -2.21. The van der Waals surface area contributed by atoms with Gasteiger partial charge in [0.2, 0.25) is 10.0 Å². The molecular weight excluding hydrogens is 378 g/mol. The second-order valence-electron chi connectivity index (χ2n) is 6.56. The van der Waals surface area contributed by atoms with Gasteiger partial charge in [0.15, 0.2) is 5.75 Å². The van der Waals surface area contributed by atoms with Gasteiger partial charge in [0.05, 0.1) is 35.7 Å². The quantitative estimate of drug-likeness (QED) is 0.726. The molecule has 0 spiro atoms.